The van der Waals surface area contributed by atoms with Crippen molar-refractivity contribution in [2.24, 2.45) is 0 Å². The first kappa shape index (κ1) is 16.5. The summed E-state index contributed by atoms with van der Waals surface area (Å²) in [4.78, 5) is 12.1. The number of hydrogen-bond donors (Lipinski definition) is 3. The molecule has 22 heavy (non-hydrogen) atoms. The molecule has 0 saturated carbocycles. The van der Waals surface area contributed by atoms with Crippen molar-refractivity contribution in [1.29, 1.82) is 0 Å². The topological polar surface area (TPSA) is 104 Å². The fourth-order valence-electron chi connectivity index (χ4n) is 2.06. The summed E-state index contributed by atoms with van der Waals surface area (Å²) in [6.45, 7) is 1.26. The van der Waals surface area contributed by atoms with Gasteiger partial charge >= 0.3 is 0 Å². The molecule has 1 atom stereocenters. The number of phenolic OH excluding ortho intramolecular Hbond substituents is 1. The minimum absolute atomic E-state index is 0.0400. The average Bonchev–Trinajstić information content (AvgIpc) is 3.03. The number of thiophene rings is 1. The van der Waals surface area contributed by atoms with E-state index in [0.717, 1.165) is 11.3 Å². The summed E-state index contributed by atoms with van der Waals surface area (Å²) in [7, 11) is -3.99. The third kappa shape index (κ3) is 2.85. The smallest absolute Gasteiger partial charge is 0.265 e. The fourth-order valence-corrected chi connectivity index (χ4v) is 5.08. The van der Waals surface area contributed by atoms with Gasteiger partial charge in [-0.25, -0.2) is 13.9 Å². The van der Waals surface area contributed by atoms with E-state index >= 15 is 0 Å². The molecule has 0 radical (unpaired) electrons. The maximum Gasteiger partial charge on any atom is 0.265 e. The predicted molar refractivity (Wildman–Crippen MR) is 81.6 cm³/mol. The maximum absolute atomic E-state index is 12.8. The van der Waals surface area contributed by atoms with Crippen molar-refractivity contribution in [3.8, 4) is 5.75 Å². The van der Waals surface area contributed by atoms with Crippen molar-refractivity contribution in [3.05, 3.63) is 47.3 Å². The normalized spacial score (nSPS) is 14.3. The van der Waals surface area contributed by atoms with Gasteiger partial charge in [0.05, 0.1) is 0 Å². The number of sulfone groups is 1. The van der Waals surface area contributed by atoms with Crippen molar-refractivity contribution in [3.63, 3.8) is 0 Å². The van der Waals surface area contributed by atoms with Crippen LogP contribution in [-0.2, 0) is 21.1 Å². The van der Waals surface area contributed by atoms with E-state index in [0.29, 0.717) is 5.56 Å². The molecule has 1 heterocycles. The van der Waals surface area contributed by atoms with E-state index in [4.69, 9.17) is 5.21 Å². The molecular formula is C14H15NO5S2. The second kappa shape index (κ2) is 6.07. The number of rotatable bonds is 5. The summed E-state index contributed by atoms with van der Waals surface area (Å²) in [5.74, 6) is -0.966. The van der Waals surface area contributed by atoms with Gasteiger partial charge in [-0.3, -0.25) is 10.0 Å². The summed E-state index contributed by atoms with van der Waals surface area (Å²) in [5, 5.41) is 19.8. The van der Waals surface area contributed by atoms with Crippen molar-refractivity contribution in [2.45, 2.75) is 22.3 Å². The van der Waals surface area contributed by atoms with Crippen LogP contribution in [0.3, 0.4) is 0 Å². The third-order valence-electron chi connectivity index (χ3n) is 3.41. The van der Waals surface area contributed by atoms with Crippen LogP contribution < -0.4 is 5.48 Å². The molecule has 0 aliphatic rings. The Hall–Kier alpha value is -1.90. The van der Waals surface area contributed by atoms with E-state index in [1.807, 2.05) is 0 Å². The molecule has 0 saturated heterocycles. The summed E-state index contributed by atoms with van der Waals surface area (Å²) in [6.07, 6.45) is -0.139. The minimum Gasteiger partial charge on any atom is -0.508 e. The molecule has 2 aromatic rings. The van der Waals surface area contributed by atoms with Crippen molar-refractivity contribution < 1.29 is 23.5 Å². The lowest BCUT2D eigenvalue weighted by Crippen LogP contribution is -2.50. The van der Waals surface area contributed by atoms with E-state index in [1.165, 1.54) is 42.7 Å². The first-order valence-electron chi connectivity index (χ1n) is 6.32. The first-order valence-corrected chi connectivity index (χ1v) is 8.68. The molecule has 0 spiro atoms. The molecule has 0 bridgehead atoms. The molecule has 3 N–H and O–H groups in total. The van der Waals surface area contributed by atoms with Gasteiger partial charge in [0.2, 0.25) is 9.84 Å². The zero-order chi connectivity index (χ0) is 16.4. The molecule has 0 fully saturated rings. The quantitative estimate of drug-likeness (QED) is 0.568. The van der Waals surface area contributed by atoms with E-state index in [2.05, 4.69) is 0 Å². The monoisotopic (exact) mass is 341 g/mol. The van der Waals surface area contributed by atoms with Crippen LogP contribution >= 0.6 is 11.3 Å². The number of carbonyl (C=O) groups excluding carboxylic acids is 1. The second-order valence-electron chi connectivity index (χ2n) is 4.95. The van der Waals surface area contributed by atoms with Crippen molar-refractivity contribution in [2.75, 3.05) is 0 Å². The van der Waals surface area contributed by atoms with E-state index in [1.54, 1.807) is 11.4 Å². The molecule has 0 aliphatic carbocycles. The number of phenols is 1. The van der Waals surface area contributed by atoms with E-state index in [-0.39, 0.29) is 16.4 Å². The number of carbonyl (C=O) groups is 1. The molecule has 118 valence electrons. The van der Waals surface area contributed by atoms with Gasteiger partial charge in [0.25, 0.3) is 5.91 Å². The van der Waals surface area contributed by atoms with Crippen molar-refractivity contribution in [1.82, 2.24) is 5.48 Å². The Kier molecular flexibility index (Phi) is 4.55. The highest BCUT2D eigenvalue weighted by molar-refractivity contribution is 7.95. The highest BCUT2D eigenvalue weighted by atomic mass is 32.2. The Bertz CT molecular complexity index is 753. The average molecular weight is 341 g/mol. The summed E-state index contributed by atoms with van der Waals surface area (Å²) < 4.78 is 23.7. The van der Waals surface area contributed by atoms with E-state index < -0.39 is 20.5 Å². The Labute approximate surface area is 131 Å². The molecule has 1 aromatic heterocycles. The molecule has 2 rings (SSSR count). The fraction of sp³-hybridized carbons (Fsp3) is 0.214. The second-order valence-corrected chi connectivity index (χ2v) is 8.50. The Morgan fingerprint density at radius 3 is 2.41 bits per heavy atom. The molecular weight excluding hydrogens is 326 g/mol. The van der Waals surface area contributed by atoms with Gasteiger partial charge in [0.1, 0.15) is 9.96 Å². The van der Waals surface area contributed by atoms with Gasteiger partial charge in [-0.1, -0.05) is 18.2 Å². The number of aromatic hydroxyl groups is 1. The van der Waals surface area contributed by atoms with Crippen molar-refractivity contribution >= 4 is 27.1 Å². The lowest BCUT2D eigenvalue weighted by molar-refractivity contribution is -0.131. The lowest BCUT2D eigenvalue weighted by atomic mass is 9.99. The number of nitrogens with one attached hydrogen (secondary N) is 1. The highest BCUT2D eigenvalue weighted by Crippen LogP contribution is 2.32. The number of hydroxylamine groups is 1. The maximum atomic E-state index is 12.8. The third-order valence-corrected chi connectivity index (χ3v) is 7.20. The van der Waals surface area contributed by atoms with Gasteiger partial charge in [0.15, 0.2) is 4.75 Å². The number of hydrogen-bond acceptors (Lipinski definition) is 6. The molecule has 0 aliphatic heterocycles. The minimum atomic E-state index is -3.99. The molecule has 8 heteroatoms. The first-order chi connectivity index (χ1) is 10.3. The van der Waals surface area contributed by atoms with Crippen LogP contribution in [0.2, 0.25) is 0 Å². The van der Waals surface area contributed by atoms with E-state index in [9.17, 15) is 18.3 Å². The number of benzene rings is 1. The molecule has 1 unspecified atom stereocenters. The van der Waals surface area contributed by atoms with Gasteiger partial charge in [-0.15, -0.1) is 11.3 Å². The van der Waals surface area contributed by atoms with Gasteiger partial charge < -0.3 is 5.11 Å². The zero-order valence-corrected chi connectivity index (χ0v) is 13.3. The Morgan fingerprint density at radius 2 is 1.91 bits per heavy atom. The summed E-state index contributed by atoms with van der Waals surface area (Å²) >= 11 is 1.01. The van der Waals surface area contributed by atoms with Crippen LogP contribution in [0.1, 0.15) is 12.5 Å². The highest BCUT2D eigenvalue weighted by Gasteiger charge is 2.47. The standard InChI is InChI=1S/C14H15NO5S2/c1-14(13(17)15-18,9-10-4-6-11(16)7-5-10)22(19,20)12-3-2-8-21-12/h2-8,16,18H,9H2,1H3,(H,15,17). The lowest BCUT2D eigenvalue weighted by Gasteiger charge is -2.26. The Morgan fingerprint density at radius 1 is 1.27 bits per heavy atom. The van der Waals surface area contributed by atoms with Gasteiger partial charge in [-0.2, -0.15) is 0 Å². The van der Waals surface area contributed by atoms with Crippen LogP contribution in [0.25, 0.3) is 0 Å². The van der Waals surface area contributed by atoms with Crippen LogP contribution in [0.4, 0.5) is 0 Å². The number of amides is 1. The van der Waals surface area contributed by atoms with Crippen LogP contribution in [0, 0.1) is 0 Å². The predicted octanol–water partition coefficient (Wildman–Crippen LogP) is 1.73. The SMILES string of the molecule is CC(Cc1ccc(O)cc1)(C(=O)NO)S(=O)(=O)c1cccs1. The largest absolute Gasteiger partial charge is 0.508 e. The molecule has 1 amide bonds. The van der Waals surface area contributed by atoms with Gasteiger partial charge in [0, 0.05) is 6.42 Å². The summed E-state index contributed by atoms with van der Waals surface area (Å²) in [5.41, 5.74) is 1.99. The van der Waals surface area contributed by atoms with Crippen LogP contribution in [-0.4, -0.2) is 29.4 Å². The van der Waals surface area contributed by atoms with Gasteiger partial charge in [-0.05, 0) is 36.1 Å². The van der Waals surface area contributed by atoms with Crippen LogP contribution in [0.15, 0.2) is 46.0 Å². The Balaban J connectivity index is 2.49. The molecule has 1 aromatic carbocycles. The molecule has 6 nitrogen and oxygen atoms in total. The zero-order valence-electron chi connectivity index (χ0n) is 11.7. The van der Waals surface area contributed by atoms with Crippen LogP contribution in [0.5, 0.6) is 5.75 Å². The summed E-state index contributed by atoms with van der Waals surface area (Å²) in [6, 6.07) is 8.87.